The standard InChI is InChI=1S/C20H23FN6O/c1-20(28,16-11-22-5-6-23-16)12-27-15-4-8-26-7-2-3-14(26)17(15)18-19(27)24-10-13(9-21)25-18/h5-6,10-11,14,28H,2-4,7-9,12H2,1H3. The lowest BCUT2D eigenvalue weighted by Gasteiger charge is -2.31. The van der Waals surface area contributed by atoms with E-state index >= 15 is 0 Å². The van der Waals surface area contributed by atoms with Crippen LogP contribution < -0.4 is 0 Å². The van der Waals surface area contributed by atoms with E-state index in [4.69, 9.17) is 0 Å². The summed E-state index contributed by atoms with van der Waals surface area (Å²) in [6.45, 7) is 3.48. The second-order valence-electron chi connectivity index (χ2n) is 7.92. The van der Waals surface area contributed by atoms with Crippen molar-refractivity contribution in [3.8, 4) is 0 Å². The van der Waals surface area contributed by atoms with Crippen molar-refractivity contribution in [3.05, 3.63) is 47.4 Å². The molecule has 3 aromatic rings. The summed E-state index contributed by atoms with van der Waals surface area (Å²) in [7, 11) is 0. The molecule has 28 heavy (non-hydrogen) atoms. The molecular weight excluding hydrogens is 359 g/mol. The van der Waals surface area contributed by atoms with Crippen molar-refractivity contribution in [2.45, 2.75) is 51.0 Å². The van der Waals surface area contributed by atoms with Gasteiger partial charge in [0.25, 0.3) is 0 Å². The lowest BCUT2D eigenvalue weighted by Crippen LogP contribution is -2.34. The molecule has 0 bridgehead atoms. The highest BCUT2D eigenvalue weighted by Gasteiger charge is 2.38. The molecule has 0 aliphatic carbocycles. The molecule has 1 N–H and O–H groups in total. The molecule has 1 fully saturated rings. The highest BCUT2D eigenvalue weighted by molar-refractivity contribution is 5.79. The largest absolute Gasteiger partial charge is 0.382 e. The highest BCUT2D eigenvalue weighted by Crippen LogP contribution is 2.42. The number of halogens is 1. The van der Waals surface area contributed by atoms with E-state index in [1.807, 2.05) is 0 Å². The van der Waals surface area contributed by atoms with Gasteiger partial charge in [0, 0.05) is 42.7 Å². The second-order valence-corrected chi connectivity index (χ2v) is 7.92. The average Bonchev–Trinajstić information content (AvgIpc) is 3.31. The van der Waals surface area contributed by atoms with Crippen LogP contribution in [0.15, 0.2) is 24.8 Å². The van der Waals surface area contributed by atoms with Gasteiger partial charge in [-0.1, -0.05) is 0 Å². The topological polar surface area (TPSA) is 80.0 Å². The normalized spacial score (nSPS) is 21.5. The first kappa shape index (κ1) is 17.6. The Kier molecular flexibility index (Phi) is 4.13. The number of rotatable bonds is 4. The van der Waals surface area contributed by atoms with E-state index in [-0.39, 0.29) is 0 Å². The molecule has 0 radical (unpaired) electrons. The van der Waals surface area contributed by atoms with Gasteiger partial charge in [0.15, 0.2) is 5.65 Å². The summed E-state index contributed by atoms with van der Waals surface area (Å²) in [6, 6.07) is 0.304. The number of nitrogens with zero attached hydrogens (tertiary/aromatic N) is 6. The molecule has 5 heterocycles. The van der Waals surface area contributed by atoms with Crippen molar-refractivity contribution >= 4 is 11.2 Å². The van der Waals surface area contributed by atoms with Crippen molar-refractivity contribution in [1.29, 1.82) is 0 Å². The van der Waals surface area contributed by atoms with Crippen LogP contribution in [0.25, 0.3) is 11.2 Å². The van der Waals surface area contributed by atoms with E-state index in [0.29, 0.717) is 29.6 Å². The smallest absolute Gasteiger partial charge is 0.159 e. The third kappa shape index (κ3) is 2.70. The molecule has 0 saturated carbocycles. The molecule has 146 valence electrons. The van der Waals surface area contributed by atoms with Crippen LogP contribution in [0.5, 0.6) is 0 Å². The molecule has 8 heteroatoms. The first-order valence-electron chi connectivity index (χ1n) is 9.74. The molecular formula is C20H23FN6O. The molecule has 2 aliphatic heterocycles. The van der Waals surface area contributed by atoms with Gasteiger partial charge in [-0.25, -0.2) is 14.4 Å². The predicted molar refractivity (Wildman–Crippen MR) is 101 cm³/mol. The van der Waals surface area contributed by atoms with Crippen LogP contribution in [0.2, 0.25) is 0 Å². The molecule has 3 aromatic heterocycles. The quantitative estimate of drug-likeness (QED) is 0.746. The second kappa shape index (κ2) is 6.56. The highest BCUT2D eigenvalue weighted by atomic mass is 19.1. The summed E-state index contributed by atoms with van der Waals surface area (Å²) in [5, 5.41) is 11.2. The molecule has 7 nitrogen and oxygen atoms in total. The Morgan fingerprint density at radius 2 is 2.14 bits per heavy atom. The molecule has 0 amide bonds. The fourth-order valence-corrected chi connectivity index (χ4v) is 4.70. The minimum atomic E-state index is -1.21. The molecule has 5 rings (SSSR count). The minimum Gasteiger partial charge on any atom is -0.382 e. The Hall–Kier alpha value is -2.45. The van der Waals surface area contributed by atoms with Crippen molar-refractivity contribution in [1.82, 2.24) is 29.4 Å². The zero-order valence-electron chi connectivity index (χ0n) is 15.8. The third-order valence-electron chi connectivity index (χ3n) is 6.00. The van der Waals surface area contributed by atoms with Gasteiger partial charge in [-0.15, -0.1) is 0 Å². The lowest BCUT2D eigenvalue weighted by molar-refractivity contribution is 0.0334. The number of alkyl halides is 1. The van der Waals surface area contributed by atoms with Crippen LogP contribution in [-0.4, -0.2) is 47.6 Å². The van der Waals surface area contributed by atoms with Gasteiger partial charge < -0.3 is 9.67 Å². The van der Waals surface area contributed by atoms with Crippen molar-refractivity contribution in [2.24, 2.45) is 0 Å². The average molecular weight is 382 g/mol. The maximum atomic E-state index is 13.3. The fraction of sp³-hybridized carbons (Fsp3) is 0.500. The molecule has 0 aromatic carbocycles. The molecule has 1 saturated heterocycles. The van der Waals surface area contributed by atoms with Crippen molar-refractivity contribution in [3.63, 3.8) is 0 Å². The number of fused-ring (bicyclic) bond motifs is 5. The number of aliphatic hydroxyl groups is 1. The Balaban J connectivity index is 1.67. The van der Waals surface area contributed by atoms with Crippen LogP contribution in [-0.2, 0) is 25.2 Å². The zero-order valence-corrected chi connectivity index (χ0v) is 15.8. The van der Waals surface area contributed by atoms with Crippen LogP contribution in [0, 0.1) is 0 Å². The third-order valence-corrected chi connectivity index (χ3v) is 6.00. The number of hydrogen-bond donors (Lipinski definition) is 1. The van der Waals surface area contributed by atoms with Crippen LogP contribution in [0.4, 0.5) is 4.39 Å². The van der Waals surface area contributed by atoms with Gasteiger partial charge >= 0.3 is 0 Å². The first-order valence-corrected chi connectivity index (χ1v) is 9.74. The summed E-state index contributed by atoms with van der Waals surface area (Å²) < 4.78 is 15.3. The Morgan fingerprint density at radius 3 is 2.93 bits per heavy atom. The predicted octanol–water partition coefficient (Wildman–Crippen LogP) is 2.29. The van der Waals surface area contributed by atoms with Gasteiger partial charge in [-0.05, 0) is 26.3 Å². The first-order chi connectivity index (χ1) is 13.6. The Morgan fingerprint density at radius 1 is 1.25 bits per heavy atom. The summed E-state index contributed by atoms with van der Waals surface area (Å²) >= 11 is 0. The summed E-state index contributed by atoms with van der Waals surface area (Å²) in [5.74, 6) is 0. The van der Waals surface area contributed by atoms with Gasteiger partial charge in [0.1, 0.15) is 17.8 Å². The van der Waals surface area contributed by atoms with Gasteiger partial charge in [-0.2, -0.15) is 0 Å². The molecule has 2 aliphatic rings. The number of hydrogen-bond acceptors (Lipinski definition) is 6. The van der Waals surface area contributed by atoms with Gasteiger partial charge in [-0.3, -0.25) is 14.9 Å². The van der Waals surface area contributed by atoms with E-state index in [9.17, 15) is 9.50 Å². The van der Waals surface area contributed by atoms with Crippen LogP contribution >= 0.6 is 0 Å². The van der Waals surface area contributed by atoms with Crippen LogP contribution in [0.3, 0.4) is 0 Å². The minimum absolute atomic E-state index is 0.300. The zero-order chi connectivity index (χ0) is 19.3. The summed E-state index contributed by atoms with van der Waals surface area (Å²) in [5.41, 5.74) is 3.45. The van der Waals surface area contributed by atoms with Gasteiger partial charge in [0.2, 0.25) is 0 Å². The van der Waals surface area contributed by atoms with Crippen molar-refractivity contribution in [2.75, 3.05) is 13.1 Å². The fourth-order valence-electron chi connectivity index (χ4n) is 4.70. The lowest BCUT2D eigenvalue weighted by atomic mass is 9.97. The monoisotopic (exact) mass is 382 g/mol. The number of aromatic nitrogens is 5. The van der Waals surface area contributed by atoms with E-state index in [0.717, 1.165) is 49.1 Å². The van der Waals surface area contributed by atoms with E-state index < -0.39 is 12.3 Å². The Labute approximate surface area is 162 Å². The van der Waals surface area contributed by atoms with E-state index in [2.05, 4.69) is 29.4 Å². The SMILES string of the molecule is CC(O)(Cn1c2c(c3nc(CF)cnc31)C1CCCN1CC2)c1cnccn1. The summed E-state index contributed by atoms with van der Waals surface area (Å²) in [6.07, 6.45) is 9.35. The molecule has 2 unspecified atom stereocenters. The van der Waals surface area contributed by atoms with Crippen LogP contribution in [0.1, 0.15) is 48.5 Å². The maximum Gasteiger partial charge on any atom is 0.159 e. The van der Waals surface area contributed by atoms with E-state index in [1.54, 1.807) is 25.5 Å². The van der Waals surface area contributed by atoms with Gasteiger partial charge in [0.05, 0.1) is 30.3 Å². The molecule has 0 spiro atoms. The van der Waals surface area contributed by atoms with Crippen molar-refractivity contribution < 1.29 is 9.50 Å². The maximum absolute atomic E-state index is 13.3. The molecule has 2 atom stereocenters. The summed E-state index contributed by atoms with van der Waals surface area (Å²) in [4.78, 5) is 20.0. The Bertz CT molecular complexity index is 1020. The van der Waals surface area contributed by atoms with E-state index in [1.165, 1.54) is 6.20 Å².